The Balaban J connectivity index is 4.83. The molecule has 144 valence electrons. The van der Waals surface area contributed by atoms with Crippen molar-refractivity contribution in [3.05, 3.63) is 0 Å². The van der Waals surface area contributed by atoms with Crippen LogP contribution in [0.15, 0.2) is 0 Å². The van der Waals surface area contributed by atoms with Crippen LogP contribution >= 0.6 is 0 Å². The molecular weight excluding hydrogens is 308 g/mol. The summed E-state index contributed by atoms with van der Waals surface area (Å²) in [6.07, 6.45) is 8.10. The Morgan fingerprint density at radius 1 is 0.833 bits per heavy atom. The normalized spacial score (nSPS) is 13.0. The first-order valence-electron chi connectivity index (χ1n) is 9.61. The van der Waals surface area contributed by atoms with Crippen LogP contribution in [0.25, 0.3) is 0 Å². The molecule has 0 spiro atoms. The average molecular weight is 347 g/mol. The molecule has 5 heteroatoms. The molecule has 0 amide bonds. The molecule has 1 atom stereocenters. The molecule has 0 aliphatic heterocycles. The van der Waals surface area contributed by atoms with Crippen LogP contribution in [0.5, 0.6) is 0 Å². The fraction of sp³-hybridized carbons (Fsp3) is 0.947. The van der Waals surface area contributed by atoms with Gasteiger partial charge in [0, 0.05) is 26.7 Å². The van der Waals surface area contributed by atoms with Crippen LogP contribution in [-0.2, 0) is 23.7 Å². The molecule has 0 saturated heterocycles. The van der Waals surface area contributed by atoms with E-state index < -0.39 is 5.97 Å². The zero-order chi connectivity index (χ0) is 18.3. The largest absolute Gasteiger partial charge is 0.465 e. The Morgan fingerprint density at radius 2 is 1.33 bits per heavy atom. The lowest BCUT2D eigenvalue weighted by atomic mass is 9.98. The number of hydrogen-bond acceptors (Lipinski definition) is 5. The minimum Gasteiger partial charge on any atom is -0.465 e. The van der Waals surface area contributed by atoms with Crippen LogP contribution < -0.4 is 0 Å². The van der Waals surface area contributed by atoms with Gasteiger partial charge < -0.3 is 18.9 Å². The van der Waals surface area contributed by atoms with Crippen molar-refractivity contribution in [1.82, 2.24) is 0 Å². The lowest BCUT2D eigenvalue weighted by molar-refractivity contribution is -0.405. The van der Waals surface area contributed by atoms with E-state index in [9.17, 15) is 4.79 Å². The summed E-state index contributed by atoms with van der Waals surface area (Å²) in [5, 5.41) is 0. The number of hydrogen-bond donors (Lipinski definition) is 0. The Kier molecular flexibility index (Phi) is 14.3. The maximum atomic E-state index is 11.3. The third-order valence-electron chi connectivity index (χ3n) is 3.93. The zero-order valence-corrected chi connectivity index (χ0v) is 16.4. The summed E-state index contributed by atoms with van der Waals surface area (Å²) in [6, 6.07) is 0. The minimum absolute atomic E-state index is 0.132. The number of ether oxygens (including phenoxy) is 4. The third kappa shape index (κ3) is 9.60. The Bertz CT molecular complexity index is 289. The highest BCUT2D eigenvalue weighted by Crippen LogP contribution is 2.31. The second-order valence-corrected chi connectivity index (χ2v) is 5.96. The molecule has 0 radical (unpaired) electrons. The number of esters is 1. The van der Waals surface area contributed by atoms with E-state index in [2.05, 4.69) is 6.92 Å². The lowest BCUT2D eigenvalue weighted by Gasteiger charge is -2.38. The molecular formula is C19H38O5. The summed E-state index contributed by atoms with van der Waals surface area (Å²) in [7, 11) is 0. The van der Waals surface area contributed by atoms with E-state index in [-0.39, 0.29) is 18.5 Å². The summed E-state index contributed by atoms with van der Waals surface area (Å²) in [4.78, 5) is 11.3. The first kappa shape index (κ1) is 23.4. The van der Waals surface area contributed by atoms with Crippen molar-refractivity contribution in [2.45, 2.75) is 85.5 Å². The molecule has 0 aromatic heterocycles. The first-order valence-corrected chi connectivity index (χ1v) is 9.61. The van der Waals surface area contributed by atoms with Gasteiger partial charge in [0.25, 0.3) is 5.97 Å². The van der Waals surface area contributed by atoms with E-state index in [0.29, 0.717) is 19.8 Å². The maximum Gasteiger partial charge on any atom is 0.302 e. The molecule has 0 aromatic rings. The molecule has 0 fully saturated rings. The third-order valence-corrected chi connectivity index (χ3v) is 3.93. The second-order valence-electron chi connectivity index (χ2n) is 5.96. The van der Waals surface area contributed by atoms with Crippen LogP contribution in [0, 0.1) is 5.92 Å². The van der Waals surface area contributed by atoms with Crippen LogP contribution in [0.4, 0.5) is 0 Å². The van der Waals surface area contributed by atoms with Crippen LogP contribution in [0.2, 0.25) is 0 Å². The first-order chi connectivity index (χ1) is 11.6. The summed E-state index contributed by atoms with van der Waals surface area (Å²) in [5.41, 5.74) is 0. The predicted octanol–water partition coefficient (Wildman–Crippen LogP) is 4.68. The molecule has 1 unspecified atom stereocenters. The Morgan fingerprint density at radius 3 is 1.79 bits per heavy atom. The van der Waals surface area contributed by atoms with Gasteiger partial charge in [-0.25, -0.2) is 0 Å². The second kappa shape index (κ2) is 14.7. The smallest absolute Gasteiger partial charge is 0.302 e. The zero-order valence-electron chi connectivity index (χ0n) is 16.4. The SMILES string of the molecule is CCCCCCCCC(COC(C)=O)C(OCC)(OCC)OCC. The summed E-state index contributed by atoms with van der Waals surface area (Å²) in [6.45, 7) is 11.1. The summed E-state index contributed by atoms with van der Waals surface area (Å²) < 4.78 is 22.9. The van der Waals surface area contributed by atoms with Crippen molar-refractivity contribution in [3.63, 3.8) is 0 Å². The van der Waals surface area contributed by atoms with Crippen molar-refractivity contribution < 1.29 is 23.7 Å². The van der Waals surface area contributed by atoms with Crippen LogP contribution in [-0.4, -0.2) is 38.4 Å². The molecule has 5 nitrogen and oxygen atoms in total. The lowest BCUT2D eigenvalue weighted by Crippen LogP contribution is -2.48. The van der Waals surface area contributed by atoms with E-state index in [1.807, 2.05) is 20.8 Å². The molecule has 0 bridgehead atoms. The fourth-order valence-corrected chi connectivity index (χ4v) is 2.83. The quantitative estimate of drug-likeness (QED) is 0.231. The number of rotatable bonds is 16. The van der Waals surface area contributed by atoms with Crippen molar-refractivity contribution in [1.29, 1.82) is 0 Å². The van der Waals surface area contributed by atoms with Gasteiger partial charge in [0.15, 0.2) is 0 Å². The monoisotopic (exact) mass is 346 g/mol. The molecule has 0 rings (SSSR count). The molecule has 0 N–H and O–H groups in total. The van der Waals surface area contributed by atoms with Crippen molar-refractivity contribution in [3.8, 4) is 0 Å². The van der Waals surface area contributed by atoms with E-state index >= 15 is 0 Å². The van der Waals surface area contributed by atoms with Crippen LogP contribution in [0.3, 0.4) is 0 Å². The predicted molar refractivity (Wildman–Crippen MR) is 95.7 cm³/mol. The Hall–Kier alpha value is -0.650. The highest BCUT2D eigenvalue weighted by atomic mass is 16.9. The minimum atomic E-state index is -1.13. The Labute approximate surface area is 148 Å². The number of carbonyl (C=O) groups excluding carboxylic acids is 1. The number of carbonyl (C=O) groups is 1. The summed E-state index contributed by atoms with van der Waals surface area (Å²) in [5.74, 6) is -1.55. The van der Waals surface area contributed by atoms with Crippen molar-refractivity contribution in [2.24, 2.45) is 5.92 Å². The van der Waals surface area contributed by atoms with E-state index in [0.717, 1.165) is 19.3 Å². The van der Waals surface area contributed by atoms with E-state index in [1.54, 1.807) is 0 Å². The number of unbranched alkanes of at least 4 members (excludes halogenated alkanes) is 5. The standard InChI is InChI=1S/C19H38O5/c1-6-10-11-12-13-14-15-18(16-21-17(5)20)19(22-7-2,23-8-3)24-9-4/h18H,6-16H2,1-5H3. The molecule has 24 heavy (non-hydrogen) atoms. The highest BCUT2D eigenvalue weighted by molar-refractivity contribution is 5.65. The average Bonchev–Trinajstić information content (AvgIpc) is 2.53. The van der Waals surface area contributed by atoms with Gasteiger partial charge in [0.2, 0.25) is 0 Å². The van der Waals surface area contributed by atoms with E-state index in [1.165, 1.54) is 32.6 Å². The van der Waals surface area contributed by atoms with Crippen molar-refractivity contribution in [2.75, 3.05) is 26.4 Å². The summed E-state index contributed by atoms with van der Waals surface area (Å²) >= 11 is 0. The molecule has 0 aromatic carbocycles. The fourth-order valence-electron chi connectivity index (χ4n) is 2.83. The van der Waals surface area contributed by atoms with Gasteiger partial charge in [0.05, 0.1) is 5.92 Å². The van der Waals surface area contributed by atoms with Gasteiger partial charge in [0.1, 0.15) is 6.61 Å². The molecule has 0 aliphatic carbocycles. The van der Waals surface area contributed by atoms with Gasteiger partial charge >= 0.3 is 5.97 Å². The molecule has 0 saturated carbocycles. The van der Waals surface area contributed by atoms with Gasteiger partial charge in [-0.15, -0.1) is 0 Å². The van der Waals surface area contributed by atoms with Crippen molar-refractivity contribution >= 4 is 5.97 Å². The highest BCUT2D eigenvalue weighted by Gasteiger charge is 2.42. The van der Waals surface area contributed by atoms with Gasteiger partial charge in [-0.05, 0) is 27.2 Å². The van der Waals surface area contributed by atoms with Gasteiger partial charge in [-0.1, -0.05) is 45.4 Å². The maximum absolute atomic E-state index is 11.3. The van der Waals surface area contributed by atoms with Gasteiger partial charge in [-0.2, -0.15) is 0 Å². The van der Waals surface area contributed by atoms with E-state index in [4.69, 9.17) is 18.9 Å². The van der Waals surface area contributed by atoms with Crippen LogP contribution in [0.1, 0.15) is 79.6 Å². The molecule has 0 heterocycles. The topological polar surface area (TPSA) is 54.0 Å². The van der Waals surface area contributed by atoms with Gasteiger partial charge in [-0.3, -0.25) is 4.79 Å². The molecule has 0 aliphatic rings.